The molecule has 16 heavy (non-hydrogen) atoms. The van der Waals surface area contributed by atoms with Crippen LogP contribution in [0.25, 0.3) is 0 Å². The summed E-state index contributed by atoms with van der Waals surface area (Å²) < 4.78 is -0.112. The van der Waals surface area contributed by atoms with Gasteiger partial charge < -0.3 is 4.90 Å². The SMILES string of the molecule is CCC(=O)N(CC)CC(C)(S)CC(C)(C)C. The van der Waals surface area contributed by atoms with Gasteiger partial charge in [0.05, 0.1) is 0 Å². The minimum absolute atomic E-state index is 0.112. The zero-order valence-electron chi connectivity index (χ0n) is 11.6. The van der Waals surface area contributed by atoms with Gasteiger partial charge in [0.2, 0.25) is 5.91 Å². The summed E-state index contributed by atoms with van der Waals surface area (Å²) in [7, 11) is 0. The number of carbonyl (C=O) groups excluding carboxylic acids is 1. The normalized spacial score (nSPS) is 15.7. The summed E-state index contributed by atoms with van der Waals surface area (Å²) >= 11 is 4.71. The number of thiol groups is 1. The number of amides is 1. The molecule has 3 heteroatoms. The molecule has 0 aromatic rings. The maximum Gasteiger partial charge on any atom is 0.222 e. The van der Waals surface area contributed by atoms with Crippen LogP contribution in [0.4, 0.5) is 0 Å². The van der Waals surface area contributed by atoms with Crippen LogP contribution in [0.1, 0.15) is 54.4 Å². The van der Waals surface area contributed by atoms with Gasteiger partial charge in [-0.2, -0.15) is 12.6 Å². The maximum atomic E-state index is 11.7. The smallest absolute Gasteiger partial charge is 0.222 e. The molecule has 0 spiro atoms. The first-order valence-corrected chi connectivity index (χ1v) is 6.56. The zero-order valence-corrected chi connectivity index (χ0v) is 12.5. The van der Waals surface area contributed by atoms with E-state index in [1.165, 1.54) is 0 Å². The van der Waals surface area contributed by atoms with Gasteiger partial charge in [-0.05, 0) is 25.7 Å². The minimum atomic E-state index is -0.112. The Morgan fingerprint density at radius 1 is 1.19 bits per heavy atom. The fraction of sp³-hybridized carbons (Fsp3) is 0.923. The summed E-state index contributed by atoms with van der Waals surface area (Å²) in [5.41, 5.74) is 0.241. The van der Waals surface area contributed by atoms with Gasteiger partial charge in [0, 0.05) is 24.3 Å². The second-order valence-corrected chi connectivity index (χ2v) is 7.08. The summed E-state index contributed by atoms with van der Waals surface area (Å²) in [6.45, 7) is 14.2. The molecule has 0 radical (unpaired) electrons. The van der Waals surface area contributed by atoms with E-state index in [1.807, 2.05) is 18.7 Å². The topological polar surface area (TPSA) is 20.3 Å². The van der Waals surface area contributed by atoms with Gasteiger partial charge >= 0.3 is 0 Å². The Morgan fingerprint density at radius 2 is 1.69 bits per heavy atom. The van der Waals surface area contributed by atoms with E-state index >= 15 is 0 Å². The van der Waals surface area contributed by atoms with Gasteiger partial charge in [-0.3, -0.25) is 4.79 Å². The Hall–Kier alpha value is -0.180. The molecule has 0 aliphatic heterocycles. The van der Waals surface area contributed by atoms with Crippen molar-refractivity contribution in [2.75, 3.05) is 13.1 Å². The molecule has 0 aliphatic rings. The minimum Gasteiger partial charge on any atom is -0.342 e. The Bertz CT molecular complexity index is 231. The van der Waals surface area contributed by atoms with Crippen molar-refractivity contribution >= 4 is 18.5 Å². The van der Waals surface area contributed by atoms with E-state index in [2.05, 4.69) is 27.7 Å². The standard InChI is InChI=1S/C13H27NOS/c1-7-11(15)14(8-2)10-13(6,16)9-12(3,4)5/h16H,7-10H2,1-6H3. The molecular weight excluding hydrogens is 218 g/mol. The number of nitrogens with zero attached hydrogens (tertiary/aromatic N) is 1. The molecule has 1 amide bonds. The van der Waals surface area contributed by atoms with Crippen molar-refractivity contribution < 1.29 is 4.79 Å². The molecule has 1 atom stereocenters. The summed E-state index contributed by atoms with van der Waals surface area (Å²) in [4.78, 5) is 13.6. The van der Waals surface area contributed by atoms with E-state index in [0.717, 1.165) is 19.5 Å². The molecule has 0 bridgehead atoms. The van der Waals surface area contributed by atoms with E-state index < -0.39 is 0 Å². The summed E-state index contributed by atoms with van der Waals surface area (Å²) in [6, 6.07) is 0. The highest BCUT2D eigenvalue weighted by molar-refractivity contribution is 7.81. The van der Waals surface area contributed by atoms with Gasteiger partial charge in [-0.25, -0.2) is 0 Å². The molecule has 0 aromatic heterocycles. The fourth-order valence-corrected chi connectivity index (χ4v) is 2.85. The fourth-order valence-electron chi connectivity index (χ4n) is 2.21. The van der Waals surface area contributed by atoms with Gasteiger partial charge in [0.25, 0.3) is 0 Å². The Morgan fingerprint density at radius 3 is 2.00 bits per heavy atom. The number of hydrogen-bond acceptors (Lipinski definition) is 2. The predicted octanol–water partition coefficient (Wildman–Crippen LogP) is 3.37. The molecule has 2 nitrogen and oxygen atoms in total. The van der Waals surface area contributed by atoms with Crippen molar-refractivity contribution in [2.24, 2.45) is 5.41 Å². The quantitative estimate of drug-likeness (QED) is 0.736. The third-order valence-corrected chi connectivity index (χ3v) is 2.78. The Labute approximate surface area is 106 Å². The molecule has 0 saturated carbocycles. The lowest BCUT2D eigenvalue weighted by Crippen LogP contribution is -2.42. The zero-order chi connectivity index (χ0) is 13.0. The van der Waals surface area contributed by atoms with E-state index in [-0.39, 0.29) is 16.1 Å². The van der Waals surface area contributed by atoms with Crippen molar-refractivity contribution in [2.45, 2.75) is 59.1 Å². The molecule has 0 aromatic carbocycles. The Balaban J connectivity index is 4.48. The van der Waals surface area contributed by atoms with Gasteiger partial charge in [-0.15, -0.1) is 0 Å². The highest BCUT2D eigenvalue weighted by Crippen LogP contribution is 2.32. The van der Waals surface area contributed by atoms with Crippen LogP contribution >= 0.6 is 12.6 Å². The van der Waals surface area contributed by atoms with E-state index in [4.69, 9.17) is 12.6 Å². The summed E-state index contributed by atoms with van der Waals surface area (Å²) in [5.74, 6) is 0.219. The average Bonchev–Trinajstić information content (AvgIpc) is 2.09. The number of carbonyl (C=O) groups is 1. The summed E-state index contributed by atoms with van der Waals surface area (Å²) in [5, 5.41) is 0. The van der Waals surface area contributed by atoms with Crippen LogP contribution in [0, 0.1) is 5.41 Å². The van der Waals surface area contributed by atoms with E-state index in [0.29, 0.717) is 6.42 Å². The van der Waals surface area contributed by atoms with Crippen LogP contribution in [-0.2, 0) is 4.79 Å². The van der Waals surface area contributed by atoms with E-state index in [1.54, 1.807) is 0 Å². The van der Waals surface area contributed by atoms with Crippen LogP contribution in [0.3, 0.4) is 0 Å². The second-order valence-electron chi connectivity index (χ2n) is 6.00. The number of hydrogen-bond donors (Lipinski definition) is 1. The maximum absolute atomic E-state index is 11.7. The first-order valence-electron chi connectivity index (χ1n) is 6.11. The predicted molar refractivity (Wildman–Crippen MR) is 74.0 cm³/mol. The number of rotatable bonds is 5. The molecule has 0 N–H and O–H groups in total. The van der Waals surface area contributed by atoms with Gasteiger partial charge in [0.1, 0.15) is 0 Å². The highest BCUT2D eigenvalue weighted by Gasteiger charge is 2.29. The highest BCUT2D eigenvalue weighted by atomic mass is 32.1. The third kappa shape index (κ3) is 6.41. The molecule has 0 fully saturated rings. The second kappa shape index (κ2) is 5.95. The van der Waals surface area contributed by atoms with Crippen molar-refractivity contribution in [3.8, 4) is 0 Å². The van der Waals surface area contributed by atoms with Crippen molar-refractivity contribution in [1.82, 2.24) is 4.90 Å². The van der Waals surface area contributed by atoms with Crippen LogP contribution in [-0.4, -0.2) is 28.6 Å². The lowest BCUT2D eigenvalue weighted by atomic mass is 9.84. The first-order chi connectivity index (χ1) is 7.11. The first kappa shape index (κ1) is 15.8. The Kier molecular flexibility index (Phi) is 5.88. The van der Waals surface area contributed by atoms with Gasteiger partial charge in [0.15, 0.2) is 0 Å². The molecule has 0 saturated heterocycles. The lowest BCUT2D eigenvalue weighted by molar-refractivity contribution is -0.131. The van der Waals surface area contributed by atoms with E-state index in [9.17, 15) is 4.79 Å². The summed E-state index contributed by atoms with van der Waals surface area (Å²) in [6.07, 6.45) is 1.57. The van der Waals surface area contributed by atoms with Gasteiger partial charge in [-0.1, -0.05) is 27.7 Å². The molecule has 1 unspecified atom stereocenters. The van der Waals surface area contributed by atoms with Crippen LogP contribution < -0.4 is 0 Å². The van der Waals surface area contributed by atoms with Crippen molar-refractivity contribution in [1.29, 1.82) is 0 Å². The molecule has 96 valence electrons. The van der Waals surface area contributed by atoms with Crippen molar-refractivity contribution in [3.63, 3.8) is 0 Å². The van der Waals surface area contributed by atoms with Crippen LogP contribution in [0.5, 0.6) is 0 Å². The molecular formula is C13H27NOS. The third-order valence-electron chi connectivity index (χ3n) is 2.48. The van der Waals surface area contributed by atoms with Crippen LogP contribution in [0.15, 0.2) is 0 Å². The largest absolute Gasteiger partial charge is 0.342 e. The molecule has 0 aliphatic carbocycles. The average molecular weight is 245 g/mol. The monoisotopic (exact) mass is 245 g/mol. The van der Waals surface area contributed by atoms with Crippen LogP contribution in [0.2, 0.25) is 0 Å². The molecule has 0 rings (SSSR count). The lowest BCUT2D eigenvalue weighted by Gasteiger charge is -2.35. The molecule has 0 heterocycles. The van der Waals surface area contributed by atoms with Crippen molar-refractivity contribution in [3.05, 3.63) is 0 Å².